The van der Waals surface area contributed by atoms with E-state index in [0.29, 0.717) is 21.3 Å². The minimum Gasteiger partial charge on any atom is -0.464 e. The molecule has 0 saturated heterocycles. The molecule has 2 aromatic rings. The van der Waals surface area contributed by atoms with Gasteiger partial charge in [-0.25, -0.2) is 14.2 Å². The van der Waals surface area contributed by atoms with Crippen molar-refractivity contribution in [2.45, 2.75) is 0 Å². The van der Waals surface area contributed by atoms with Crippen LogP contribution in [0.2, 0.25) is 10.0 Å². The van der Waals surface area contributed by atoms with Crippen LogP contribution in [0, 0.1) is 5.82 Å². The predicted octanol–water partition coefficient (Wildman–Crippen LogP) is 3.98. The highest BCUT2D eigenvalue weighted by atomic mass is 35.5. The van der Waals surface area contributed by atoms with E-state index in [1.54, 1.807) is 18.2 Å². The Morgan fingerprint density at radius 2 is 1.95 bits per heavy atom. The van der Waals surface area contributed by atoms with E-state index in [-0.39, 0.29) is 5.69 Å². The highest BCUT2D eigenvalue weighted by molar-refractivity contribution is 6.42. The van der Waals surface area contributed by atoms with E-state index in [2.05, 4.69) is 9.72 Å². The average molecular weight is 300 g/mol. The van der Waals surface area contributed by atoms with Gasteiger partial charge in [0.25, 0.3) is 0 Å². The number of carbonyl (C=O) groups is 1. The van der Waals surface area contributed by atoms with Crippen LogP contribution >= 0.6 is 23.2 Å². The highest BCUT2D eigenvalue weighted by Crippen LogP contribution is 2.28. The number of ether oxygens (including phenoxy) is 1. The zero-order valence-corrected chi connectivity index (χ0v) is 11.3. The normalized spacial score (nSPS) is 10.3. The topological polar surface area (TPSA) is 39.2 Å². The first-order valence-electron chi connectivity index (χ1n) is 5.23. The fourth-order valence-corrected chi connectivity index (χ4v) is 1.80. The summed E-state index contributed by atoms with van der Waals surface area (Å²) in [7, 11) is 1.16. The van der Waals surface area contributed by atoms with Crippen LogP contribution in [0.15, 0.2) is 30.3 Å². The Morgan fingerprint density at radius 1 is 1.21 bits per heavy atom. The lowest BCUT2D eigenvalue weighted by Crippen LogP contribution is -2.08. The molecular weight excluding hydrogens is 292 g/mol. The maximum atomic E-state index is 13.5. The van der Waals surface area contributed by atoms with Crippen LogP contribution in [0.1, 0.15) is 10.5 Å². The molecule has 0 N–H and O–H groups in total. The first-order valence-corrected chi connectivity index (χ1v) is 5.99. The fourth-order valence-electron chi connectivity index (χ4n) is 1.50. The van der Waals surface area contributed by atoms with Gasteiger partial charge in [0.15, 0.2) is 11.5 Å². The number of halogens is 3. The molecule has 0 aliphatic heterocycles. The zero-order chi connectivity index (χ0) is 14.0. The third-order valence-electron chi connectivity index (χ3n) is 2.44. The fraction of sp³-hybridized carbons (Fsp3) is 0.0769. The summed E-state index contributed by atoms with van der Waals surface area (Å²) in [4.78, 5) is 15.3. The standard InChI is InChI=1S/C13H8Cl2FNO2/c1-19-13(18)12-10(16)4-5-11(17-12)7-2-3-8(14)9(15)6-7/h2-6H,1H3. The van der Waals surface area contributed by atoms with Gasteiger partial charge in [0.05, 0.1) is 22.8 Å². The minimum atomic E-state index is -0.834. The summed E-state index contributed by atoms with van der Waals surface area (Å²) < 4.78 is 17.9. The number of carbonyl (C=O) groups excluding carboxylic acids is 1. The molecular formula is C13H8Cl2FNO2. The van der Waals surface area contributed by atoms with Gasteiger partial charge in [-0.3, -0.25) is 0 Å². The molecule has 1 aromatic heterocycles. The second kappa shape index (κ2) is 5.55. The second-order valence-corrected chi connectivity index (χ2v) is 4.46. The summed E-state index contributed by atoms with van der Waals surface area (Å²) in [6, 6.07) is 7.46. The van der Waals surface area contributed by atoms with Crippen molar-refractivity contribution in [3.63, 3.8) is 0 Å². The molecule has 0 bridgehead atoms. The molecule has 0 spiro atoms. The maximum Gasteiger partial charge on any atom is 0.359 e. The monoisotopic (exact) mass is 299 g/mol. The summed E-state index contributed by atoms with van der Waals surface area (Å²) in [5.74, 6) is -1.57. The molecule has 0 amide bonds. The van der Waals surface area contributed by atoms with Gasteiger partial charge in [0.1, 0.15) is 0 Å². The Balaban J connectivity index is 2.51. The number of hydrogen-bond acceptors (Lipinski definition) is 3. The van der Waals surface area contributed by atoms with Gasteiger partial charge in [0, 0.05) is 5.56 Å². The van der Waals surface area contributed by atoms with Crippen molar-refractivity contribution in [2.75, 3.05) is 7.11 Å². The maximum absolute atomic E-state index is 13.5. The van der Waals surface area contributed by atoms with Crippen molar-refractivity contribution < 1.29 is 13.9 Å². The van der Waals surface area contributed by atoms with Gasteiger partial charge in [-0.2, -0.15) is 0 Å². The predicted molar refractivity (Wildman–Crippen MR) is 71.0 cm³/mol. The first-order chi connectivity index (χ1) is 9.02. The number of rotatable bonds is 2. The van der Waals surface area contributed by atoms with Crippen LogP contribution in [0.25, 0.3) is 11.3 Å². The van der Waals surface area contributed by atoms with Crippen LogP contribution in [0.5, 0.6) is 0 Å². The highest BCUT2D eigenvalue weighted by Gasteiger charge is 2.15. The van der Waals surface area contributed by atoms with E-state index < -0.39 is 11.8 Å². The summed E-state index contributed by atoms with van der Waals surface area (Å²) in [6.07, 6.45) is 0. The lowest BCUT2D eigenvalue weighted by Gasteiger charge is -2.06. The van der Waals surface area contributed by atoms with Gasteiger partial charge in [-0.1, -0.05) is 29.3 Å². The number of esters is 1. The number of hydrogen-bond donors (Lipinski definition) is 0. The molecule has 1 heterocycles. The molecule has 0 radical (unpaired) electrons. The Morgan fingerprint density at radius 3 is 2.58 bits per heavy atom. The molecule has 0 atom stereocenters. The average Bonchev–Trinajstić information content (AvgIpc) is 2.41. The molecule has 0 aliphatic rings. The molecule has 1 aromatic carbocycles. The number of nitrogens with zero attached hydrogens (tertiary/aromatic N) is 1. The van der Waals surface area contributed by atoms with E-state index in [9.17, 15) is 9.18 Å². The Bertz CT molecular complexity index is 647. The third kappa shape index (κ3) is 2.85. The van der Waals surface area contributed by atoms with Crippen molar-refractivity contribution in [1.29, 1.82) is 0 Å². The molecule has 3 nitrogen and oxygen atoms in total. The minimum absolute atomic E-state index is 0.352. The largest absolute Gasteiger partial charge is 0.464 e. The van der Waals surface area contributed by atoms with Gasteiger partial charge in [-0.05, 0) is 24.3 Å². The molecule has 0 unspecified atom stereocenters. The van der Waals surface area contributed by atoms with Crippen LogP contribution < -0.4 is 0 Å². The number of pyridine rings is 1. The summed E-state index contributed by atoms with van der Waals surface area (Å²) >= 11 is 11.7. The Hall–Kier alpha value is -1.65. The van der Waals surface area contributed by atoms with Gasteiger partial charge < -0.3 is 4.74 Å². The molecule has 2 rings (SSSR count). The van der Waals surface area contributed by atoms with Gasteiger partial charge in [-0.15, -0.1) is 0 Å². The first kappa shape index (κ1) is 13.8. The van der Waals surface area contributed by atoms with E-state index in [0.717, 1.165) is 13.2 Å². The Labute approximate surface area is 118 Å². The molecule has 6 heteroatoms. The summed E-state index contributed by atoms with van der Waals surface area (Å²) in [5.41, 5.74) is 0.658. The summed E-state index contributed by atoms with van der Waals surface area (Å²) in [5, 5.41) is 0.755. The third-order valence-corrected chi connectivity index (χ3v) is 3.18. The van der Waals surface area contributed by atoms with E-state index in [1.165, 1.54) is 6.07 Å². The van der Waals surface area contributed by atoms with E-state index >= 15 is 0 Å². The Kier molecular flexibility index (Phi) is 4.02. The number of methoxy groups -OCH3 is 1. The number of benzene rings is 1. The van der Waals surface area contributed by atoms with Crippen molar-refractivity contribution in [3.05, 3.63) is 51.9 Å². The van der Waals surface area contributed by atoms with Crippen molar-refractivity contribution >= 4 is 29.2 Å². The molecule has 98 valence electrons. The summed E-state index contributed by atoms with van der Waals surface area (Å²) in [6.45, 7) is 0. The lowest BCUT2D eigenvalue weighted by atomic mass is 10.1. The molecule has 0 saturated carbocycles. The van der Waals surface area contributed by atoms with Gasteiger partial charge in [0.2, 0.25) is 0 Å². The van der Waals surface area contributed by atoms with Crippen LogP contribution in [-0.2, 0) is 4.74 Å². The quantitative estimate of drug-likeness (QED) is 0.787. The van der Waals surface area contributed by atoms with E-state index in [1.807, 2.05) is 0 Å². The van der Waals surface area contributed by atoms with Crippen LogP contribution in [-0.4, -0.2) is 18.1 Å². The number of aromatic nitrogens is 1. The van der Waals surface area contributed by atoms with E-state index in [4.69, 9.17) is 23.2 Å². The SMILES string of the molecule is COC(=O)c1nc(-c2ccc(Cl)c(Cl)c2)ccc1F. The smallest absolute Gasteiger partial charge is 0.359 e. The van der Waals surface area contributed by atoms with Crippen molar-refractivity contribution in [2.24, 2.45) is 0 Å². The molecule has 0 aliphatic carbocycles. The molecule has 19 heavy (non-hydrogen) atoms. The van der Waals surface area contributed by atoms with Crippen molar-refractivity contribution in [1.82, 2.24) is 4.98 Å². The second-order valence-electron chi connectivity index (χ2n) is 3.65. The van der Waals surface area contributed by atoms with Crippen LogP contribution in [0.4, 0.5) is 4.39 Å². The zero-order valence-electron chi connectivity index (χ0n) is 9.78. The van der Waals surface area contributed by atoms with Crippen LogP contribution in [0.3, 0.4) is 0 Å². The lowest BCUT2D eigenvalue weighted by molar-refractivity contribution is 0.0588. The van der Waals surface area contributed by atoms with Gasteiger partial charge >= 0.3 is 5.97 Å². The van der Waals surface area contributed by atoms with Crippen molar-refractivity contribution in [3.8, 4) is 11.3 Å². The molecule has 0 fully saturated rings.